The highest BCUT2D eigenvalue weighted by atomic mass is 35.5. The van der Waals surface area contributed by atoms with Gasteiger partial charge in [-0.1, -0.05) is 17.7 Å². The van der Waals surface area contributed by atoms with Crippen LogP contribution in [0.5, 0.6) is 11.5 Å². The molecule has 0 fully saturated rings. The SMILES string of the molecule is COc1ccc(CN(C)C(C)C(=O)Nc2cc(Cl)ccc2OC)cc1F. The summed E-state index contributed by atoms with van der Waals surface area (Å²) in [5.41, 5.74) is 1.24. The number of methoxy groups -OCH3 is 2. The molecule has 7 heteroatoms. The molecule has 0 aromatic heterocycles. The summed E-state index contributed by atoms with van der Waals surface area (Å²) in [4.78, 5) is 14.4. The van der Waals surface area contributed by atoms with Crippen molar-refractivity contribution >= 4 is 23.2 Å². The fraction of sp³-hybridized carbons (Fsp3) is 0.316. The van der Waals surface area contributed by atoms with Gasteiger partial charge in [-0.25, -0.2) is 4.39 Å². The number of nitrogens with one attached hydrogen (secondary N) is 1. The molecule has 0 spiro atoms. The number of carbonyl (C=O) groups excluding carboxylic acids is 1. The van der Waals surface area contributed by atoms with E-state index in [2.05, 4.69) is 5.32 Å². The second-order valence-corrected chi connectivity index (χ2v) is 6.33. The molecule has 0 radical (unpaired) electrons. The number of nitrogens with zero attached hydrogens (tertiary/aromatic N) is 1. The minimum Gasteiger partial charge on any atom is -0.495 e. The summed E-state index contributed by atoms with van der Waals surface area (Å²) >= 11 is 5.98. The van der Waals surface area contributed by atoms with Crippen molar-refractivity contribution in [3.8, 4) is 11.5 Å². The van der Waals surface area contributed by atoms with Crippen LogP contribution < -0.4 is 14.8 Å². The maximum absolute atomic E-state index is 13.8. The zero-order valence-electron chi connectivity index (χ0n) is 15.2. The molecule has 1 amide bonds. The second-order valence-electron chi connectivity index (χ2n) is 5.89. The predicted molar refractivity (Wildman–Crippen MR) is 101 cm³/mol. The van der Waals surface area contributed by atoms with Crippen molar-refractivity contribution in [3.05, 3.63) is 52.8 Å². The molecule has 1 N–H and O–H groups in total. The van der Waals surface area contributed by atoms with Crippen molar-refractivity contribution in [3.63, 3.8) is 0 Å². The lowest BCUT2D eigenvalue weighted by Crippen LogP contribution is -2.39. The zero-order chi connectivity index (χ0) is 19.3. The number of hydrogen-bond acceptors (Lipinski definition) is 4. The van der Waals surface area contributed by atoms with Gasteiger partial charge in [-0.15, -0.1) is 0 Å². The predicted octanol–water partition coefficient (Wildman–Crippen LogP) is 3.96. The molecule has 26 heavy (non-hydrogen) atoms. The zero-order valence-corrected chi connectivity index (χ0v) is 15.9. The van der Waals surface area contributed by atoms with Gasteiger partial charge in [-0.3, -0.25) is 9.69 Å². The molecule has 0 bridgehead atoms. The lowest BCUT2D eigenvalue weighted by molar-refractivity contribution is -0.120. The molecular formula is C19H22ClFN2O3. The van der Waals surface area contributed by atoms with Gasteiger partial charge in [0, 0.05) is 11.6 Å². The van der Waals surface area contributed by atoms with E-state index in [1.165, 1.54) is 20.3 Å². The van der Waals surface area contributed by atoms with E-state index >= 15 is 0 Å². The van der Waals surface area contributed by atoms with Gasteiger partial charge in [-0.05, 0) is 49.9 Å². The Balaban J connectivity index is 2.05. The molecule has 0 aliphatic carbocycles. The molecule has 1 unspecified atom stereocenters. The van der Waals surface area contributed by atoms with Crippen LogP contribution in [0.1, 0.15) is 12.5 Å². The number of benzene rings is 2. The third kappa shape index (κ3) is 4.86. The Morgan fingerprint density at radius 2 is 1.85 bits per heavy atom. The average Bonchev–Trinajstić information content (AvgIpc) is 2.61. The Labute approximate surface area is 157 Å². The first kappa shape index (κ1) is 20.0. The van der Waals surface area contributed by atoms with Gasteiger partial charge in [-0.2, -0.15) is 0 Å². The van der Waals surface area contributed by atoms with Crippen LogP contribution in [0, 0.1) is 5.82 Å². The number of amides is 1. The molecule has 1 atom stereocenters. The number of rotatable bonds is 7. The van der Waals surface area contributed by atoms with E-state index in [4.69, 9.17) is 21.1 Å². The third-order valence-corrected chi connectivity index (χ3v) is 4.34. The summed E-state index contributed by atoms with van der Waals surface area (Å²) in [7, 11) is 4.73. The summed E-state index contributed by atoms with van der Waals surface area (Å²) < 4.78 is 24.0. The first-order valence-corrected chi connectivity index (χ1v) is 8.40. The Morgan fingerprint density at radius 3 is 2.46 bits per heavy atom. The molecule has 0 heterocycles. The van der Waals surface area contributed by atoms with Crippen LogP contribution in [-0.4, -0.2) is 38.1 Å². The molecular weight excluding hydrogens is 359 g/mol. The summed E-state index contributed by atoms with van der Waals surface area (Å²) in [5, 5.41) is 3.31. The Kier molecular flexibility index (Phi) is 6.83. The molecule has 5 nitrogen and oxygen atoms in total. The van der Waals surface area contributed by atoms with Crippen molar-refractivity contribution in [2.45, 2.75) is 19.5 Å². The smallest absolute Gasteiger partial charge is 0.241 e. The molecule has 2 aromatic carbocycles. The Hall–Kier alpha value is -2.31. The minimum atomic E-state index is -0.455. The second kappa shape index (κ2) is 8.87. The molecule has 0 aliphatic rings. The van der Waals surface area contributed by atoms with Crippen molar-refractivity contribution in [2.75, 3.05) is 26.6 Å². The molecule has 140 valence electrons. The summed E-state index contributed by atoms with van der Waals surface area (Å²) in [6.07, 6.45) is 0. The molecule has 0 saturated carbocycles. The summed E-state index contributed by atoms with van der Waals surface area (Å²) in [6, 6.07) is 9.28. The summed E-state index contributed by atoms with van der Waals surface area (Å²) in [6.45, 7) is 2.18. The number of likely N-dealkylation sites (N-methyl/N-ethyl adjacent to an activating group) is 1. The van der Waals surface area contributed by atoms with Crippen LogP contribution in [0.25, 0.3) is 0 Å². The first-order valence-electron chi connectivity index (χ1n) is 8.02. The van der Waals surface area contributed by atoms with Crippen LogP contribution in [-0.2, 0) is 11.3 Å². The third-order valence-electron chi connectivity index (χ3n) is 4.11. The maximum atomic E-state index is 13.8. The fourth-order valence-electron chi connectivity index (χ4n) is 2.45. The Morgan fingerprint density at radius 1 is 1.19 bits per heavy atom. The monoisotopic (exact) mass is 380 g/mol. The number of hydrogen-bond donors (Lipinski definition) is 1. The van der Waals surface area contributed by atoms with E-state index in [1.807, 2.05) is 4.90 Å². The highest BCUT2D eigenvalue weighted by Gasteiger charge is 2.20. The summed E-state index contributed by atoms with van der Waals surface area (Å²) in [5.74, 6) is 0.0614. The van der Waals surface area contributed by atoms with Gasteiger partial charge in [0.15, 0.2) is 11.6 Å². The van der Waals surface area contributed by atoms with E-state index in [1.54, 1.807) is 44.3 Å². The van der Waals surface area contributed by atoms with Crippen LogP contribution >= 0.6 is 11.6 Å². The van der Waals surface area contributed by atoms with Gasteiger partial charge < -0.3 is 14.8 Å². The molecule has 0 aliphatic heterocycles. The van der Waals surface area contributed by atoms with E-state index in [0.717, 1.165) is 5.56 Å². The quantitative estimate of drug-likeness (QED) is 0.790. The van der Waals surface area contributed by atoms with Crippen molar-refractivity contribution < 1.29 is 18.7 Å². The van der Waals surface area contributed by atoms with Crippen molar-refractivity contribution in [1.82, 2.24) is 4.90 Å². The van der Waals surface area contributed by atoms with Crippen LogP contribution in [0.4, 0.5) is 10.1 Å². The van der Waals surface area contributed by atoms with Gasteiger partial charge in [0.2, 0.25) is 5.91 Å². The number of ether oxygens (including phenoxy) is 2. The van der Waals surface area contributed by atoms with Gasteiger partial charge >= 0.3 is 0 Å². The number of anilines is 1. The Bertz CT molecular complexity index is 785. The maximum Gasteiger partial charge on any atom is 0.241 e. The largest absolute Gasteiger partial charge is 0.495 e. The van der Waals surface area contributed by atoms with E-state index in [0.29, 0.717) is 23.0 Å². The van der Waals surface area contributed by atoms with Gasteiger partial charge in [0.05, 0.1) is 25.9 Å². The van der Waals surface area contributed by atoms with Crippen LogP contribution in [0.15, 0.2) is 36.4 Å². The van der Waals surface area contributed by atoms with E-state index in [-0.39, 0.29) is 11.7 Å². The lowest BCUT2D eigenvalue weighted by atomic mass is 10.1. The van der Waals surface area contributed by atoms with E-state index in [9.17, 15) is 9.18 Å². The van der Waals surface area contributed by atoms with E-state index < -0.39 is 11.9 Å². The van der Waals surface area contributed by atoms with Gasteiger partial charge in [0.1, 0.15) is 5.75 Å². The minimum absolute atomic E-state index is 0.190. The topological polar surface area (TPSA) is 50.8 Å². The standard InChI is InChI=1S/C19H22ClFN2O3/c1-12(19(24)22-16-10-14(20)6-8-18(16)26-4)23(2)11-13-5-7-17(25-3)15(21)9-13/h5-10,12H,11H2,1-4H3,(H,22,24). The lowest BCUT2D eigenvalue weighted by Gasteiger charge is -2.24. The van der Waals surface area contributed by atoms with Gasteiger partial charge in [0.25, 0.3) is 0 Å². The molecule has 2 aromatic rings. The molecule has 0 saturated heterocycles. The van der Waals surface area contributed by atoms with Crippen molar-refractivity contribution in [2.24, 2.45) is 0 Å². The number of halogens is 2. The molecule has 2 rings (SSSR count). The highest BCUT2D eigenvalue weighted by Crippen LogP contribution is 2.28. The fourth-order valence-corrected chi connectivity index (χ4v) is 2.62. The van der Waals surface area contributed by atoms with Crippen LogP contribution in [0.3, 0.4) is 0 Å². The number of carbonyl (C=O) groups is 1. The van der Waals surface area contributed by atoms with Crippen molar-refractivity contribution in [1.29, 1.82) is 0 Å². The first-order chi connectivity index (χ1) is 12.3. The van der Waals surface area contributed by atoms with Crippen LogP contribution in [0.2, 0.25) is 5.02 Å². The highest BCUT2D eigenvalue weighted by molar-refractivity contribution is 6.31. The average molecular weight is 381 g/mol. The normalized spacial score (nSPS) is 12.0.